The molecule has 0 radical (unpaired) electrons. The number of aryl methyl sites for hydroxylation is 1. The molecule has 2 heterocycles. The van der Waals surface area contributed by atoms with Crippen LogP contribution >= 0.6 is 0 Å². The van der Waals surface area contributed by atoms with E-state index in [0.29, 0.717) is 11.6 Å². The Morgan fingerprint density at radius 3 is 2.59 bits per heavy atom. The molecule has 0 unspecified atom stereocenters. The maximum absolute atomic E-state index is 12.0. The van der Waals surface area contributed by atoms with Crippen LogP contribution in [0.4, 0.5) is 13.2 Å². The van der Waals surface area contributed by atoms with E-state index in [2.05, 4.69) is 9.97 Å². The van der Waals surface area contributed by atoms with Crippen LogP contribution in [0.15, 0.2) is 12.4 Å². The van der Waals surface area contributed by atoms with Gasteiger partial charge in [0.25, 0.3) is 0 Å². The molecule has 94 valence electrons. The van der Waals surface area contributed by atoms with Gasteiger partial charge in [0, 0.05) is 25.5 Å². The molecule has 1 aromatic rings. The second kappa shape index (κ2) is 4.48. The molecular formula is C10H12F3N3O. The van der Waals surface area contributed by atoms with E-state index in [1.165, 1.54) is 11.1 Å². The van der Waals surface area contributed by atoms with Crippen molar-refractivity contribution in [3.63, 3.8) is 0 Å². The Labute approximate surface area is 96.4 Å². The minimum Gasteiger partial charge on any atom is -0.470 e. The summed E-state index contributed by atoms with van der Waals surface area (Å²) in [6.45, 7) is 1.41. The number of hydrogen-bond acceptors (Lipinski definition) is 4. The first-order chi connectivity index (χ1) is 7.94. The van der Waals surface area contributed by atoms with E-state index in [1.807, 2.05) is 0 Å². The number of alkyl halides is 3. The summed E-state index contributed by atoms with van der Waals surface area (Å²) in [7, 11) is 0. The number of ether oxygens (including phenoxy) is 1. The highest BCUT2D eigenvalue weighted by atomic mass is 19.4. The van der Waals surface area contributed by atoms with E-state index in [4.69, 9.17) is 4.74 Å². The fraction of sp³-hybridized carbons (Fsp3) is 0.600. The van der Waals surface area contributed by atoms with Crippen molar-refractivity contribution in [2.24, 2.45) is 0 Å². The molecule has 1 fully saturated rings. The molecule has 0 spiro atoms. The Bertz CT molecular complexity index is 391. The SMILES string of the molecule is Cc1nccnc1OC1CN(CC(F)(F)F)C1. The number of aromatic nitrogens is 2. The van der Waals surface area contributed by atoms with E-state index in [-0.39, 0.29) is 19.2 Å². The van der Waals surface area contributed by atoms with Crippen molar-refractivity contribution in [2.75, 3.05) is 19.6 Å². The molecule has 0 bridgehead atoms. The molecule has 0 aliphatic carbocycles. The van der Waals surface area contributed by atoms with Gasteiger partial charge in [0.1, 0.15) is 6.10 Å². The lowest BCUT2D eigenvalue weighted by atomic mass is 10.1. The largest absolute Gasteiger partial charge is 0.470 e. The summed E-state index contributed by atoms with van der Waals surface area (Å²) >= 11 is 0. The van der Waals surface area contributed by atoms with Crippen LogP contribution < -0.4 is 4.74 Å². The molecule has 0 N–H and O–H groups in total. The minimum atomic E-state index is -4.15. The second-order valence-corrected chi connectivity index (χ2v) is 4.00. The van der Waals surface area contributed by atoms with Crippen molar-refractivity contribution in [3.8, 4) is 5.88 Å². The molecule has 0 amide bonds. The van der Waals surface area contributed by atoms with Gasteiger partial charge in [0.2, 0.25) is 5.88 Å². The molecular weight excluding hydrogens is 235 g/mol. The van der Waals surface area contributed by atoms with Crippen LogP contribution in [0.25, 0.3) is 0 Å². The van der Waals surface area contributed by atoms with Crippen LogP contribution in [0.2, 0.25) is 0 Å². The summed E-state index contributed by atoms with van der Waals surface area (Å²) in [5, 5.41) is 0. The van der Waals surface area contributed by atoms with Gasteiger partial charge in [-0.2, -0.15) is 13.2 Å². The highest BCUT2D eigenvalue weighted by Crippen LogP contribution is 2.22. The fourth-order valence-electron chi connectivity index (χ4n) is 1.65. The van der Waals surface area contributed by atoms with Gasteiger partial charge < -0.3 is 4.74 Å². The van der Waals surface area contributed by atoms with E-state index in [0.717, 1.165) is 0 Å². The Balaban J connectivity index is 1.80. The Morgan fingerprint density at radius 1 is 1.35 bits per heavy atom. The predicted molar refractivity (Wildman–Crippen MR) is 53.7 cm³/mol. The van der Waals surface area contributed by atoms with Crippen LogP contribution in [0.1, 0.15) is 5.69 Å². The average Bonchev–Trinajstić information content (AvgIpc) is 2.16. The molecule has 17 heavy (non-hydrogen) atoms. The summed E-state index contributed by atoms with van der Waals surface area (Å²) in [5.74, 6) is 0.393. The number of likely N-dealkylation sites (tertiary alicyclic amines) is 1. The molecule has 0 atom stereocenters. The standard InChI is InChI=1S/C10H12F3N3O/c1-7-9(15-3-2-14-7)17-8-4-16(5-8)6-10(11,12)13/h2-3,8H,4-6H2,1H3. The van der Waals surface area contributed by atoms with Gasteiger partial charge in [-0.05, 0) is 6.92 Å². The van der Waals surface area contributed by atoms with Crippen molar-refractivity contribution in [1.82, 2.24) is 14.9 Å². The van der Waals surface area contributed by atoms with Gasteiger partial charge in [0.05, 0.1) is 12.2 Å². The van der Waals surface area contributed by atoms with E-state index >= 15 is 0 Å². The molecule has 4 nitrogen and oxygen atoms in total. The molecule has 0 saturated carbocycles. The topological polar surface area (TPSA) is 38.3 Å². The van der Waals surface area contributed by atoms with Crippen LogP contribution in [0.5, 0.6) is 5.88 Å². The van der Waals surface area contributed by atoms with Crippen molar-refractivity contribution in [3.05, 3.63) is 18.1 Å². The lowest BCUT2D eigenvalue weighted by Crippen LogP contribution is -2.56. The summed E-state index contributed by atoms with van der Waals surface area (Å²) in [5.41, 5.74) is 0.641. The molecule has 1 saturated heterocycles. The van der Waals surface area contributed by atoms with Gasteiger partial charge >= 0.3 is 6.18 Å². The van der Waals surface area contributed by atoms with Gasteiger partial charge in [0.15, 0.2) is 0 Å². The van der Waals surface area contributed by atoms with Crippen molar-refractivity contribution in [1.29, 1.82) is 0 Å². The molecule has 0 aromatic carbocycles. The minimum absolute atomic E-state index is 0.229. The number of nitrogens with zero attached hydrogens (tertiary/aromatic N) is 3. The third-order valence-corrected chi connectivity index (χ3v) is 2.44. The van der Waals surface area contributed by atoms with Crippen molar-refractivity contribution in [2.45, 2.75) is 19.2 Å². The number of hydrogen-bond donors (Lipinski definition) is 0. The summed E-state index contributed by atoms with van der Waals surface area (Å²) in [4.78, 5) is 9.25. The first-order valence-corrected chi connectivity index (χ1v) is 5.17. The zero-order valence-electron chi connectivity index (χ0n) is 9.24. The second-order valence-electron chi connectivity index (χ2n) is 4.00. The summed E-state index contributed by atoms with van der Waals surface area (Å²) < 4.78 is 41.6. The number of halogens is 3. The molecule has 1 aliphatic rings. The van der Waals surface area contributed by atoms with Crippen LogP contribution in [0.3, 0.4) is 0 Å². The quantitative estimate of drug-likeness (QED) is 0.809. The zero-order chi connectivity index (χ0) is 12.5. The lowest BCUT2D eigenvalue weighted by Gasteiger charge is -2.38. The predicted octanol–water partition coefficient (Wildman–Crippen LogP) is 1.41. The Morgan fingerprint density at radius 2 is 2.00 bits per heavy atom. The highest BCUT2D eigenvalue weighted by molar-refractivity contribution is 5.15. The van der Waals surface area contributed by atoms with Crippen LogP contribution in [-0.4, -0.2) is 46.8 Å². The smallest absolute Gasteiger partial charge is 0.401 e. The number of rotatable bonds is 3. The summed E-state index contributed by atoms with van der Waals surface area (Å²) in [6.07, 6.45) is -1.34. The normalized spacial score (nSPS) is 17.9. The molecule has 1 aliphatic heterocycles. The van der Waals surface area contributed by atoms with Gasteiger partial charge in [-0.1, -0.05) is 0 Å². The first-order valence-electron chi connectivity index (χ1n) is 5.17. The van der Waals surface area contributed by atoms with Gasteiger partial charge in [-0.15, -0.1) is 0 Å². The monoisotopic (exact) mass is 247 g/mol. The van der Waals surface area contributed by atoms with Gasteiger partial charge in [-0.25, -0.2) is 4.98 Å². The summed E-state index contributed by atoms with van der Waals surface area (Å²) in [6, 6.07) is 0. The molecule has 2 rings (SSSR count). The highest BCUT2D eigenvalue weighted by Gasteiger charge is 2.38. The first kappa shape index (κ1) is 12.1. The van der Waals surface area contributed by atoms with Crippen LogP contribution in [0, 0.1) is 6.92 Å². The molecule has 1 aromatic heterocycles. The van der Waals surface area contributed by atoms with E-state index in [9.17, 15) is 13.2 Å². The van der Waals surface area contributed by atoms with Crippen LogP contribution in [-0.2, 0) is 0 Å². The maximum Gasteiger partial charge on any atom is 0.401 e. The van der Waals surface area contributed by atoms with Crippen molar-refractivity contribution >= 4 is 0 Å². The lowest BCUT2D eigenvalue weighted by molar-refractivity contribution is -0.162. The Hall–Kier alpha value is -1.37. The van der Waals surface area contributed by atoms with Gasteiger partial charge in [-0.3, -0.25) is 9.88 Å². The fourth-order valence-corrected chi connectivity index (χ4v) is 1.65. The van der Waals surface area contributed by atoms with Crippen molar-refractivity contribution < 1.29 is 17.9 Å². The maximum atomic E-state index is 12.0. The van der Waals surface area contributed by atoms with E-state index in [1.54, 1.807) is 13.1 Å². The third-order valence-electron chi connectivity index (χ3n) is 2.44. The Kier molecular flexibility index (Phi) is 3.19. The third kappa shape index (κ3) is 3.29. The average molecular weight is 247 g/mol. The molecule has 7 heteroatoms. The zero-order valence-corrected chi connectivity index (χ0v) is 9.24. The van der Waals surface area contributed by atoms with E-state index < -0.39 is 12.7 Å².